The van der Waals surface area contributed by atoms with E-state index in [9.17, 15) is 24.3 Å². The summed E-state index contributed by atoms with van der Waals surface area (Å²) >= 11 is 6.29. The molecule has 3 amide bonds. The van der Waals surface area contributed by atoms with Crippen LogP contribution in [0.4, 0.5) is 4.79 Å². The number of aromatic nitrogens is 4. The Labute approximate surface area is 271 Å². The van der Waals surface area contributed by atoms with Crippen LogP contribution in [-0.2, 0) is 19.1 Å². The van der Waals surface area contributed by atoms with Gasteiger partial charge in [-0.1, -0.05) is 36.6 Å². The van der Waals surface area contributed by atoms with Crippen molar-refractivity contribution >= 4 is 35.5 Å². The van der Waals surface area contributed by atoms with Crippen LogP contribution in [0.5, 0.6) is 5.75 Å². The lowest BCUT2D eigenvalue weighted by molar-refractivity contribution is -0.145. The second kappa shape index (κ2) is 13.3. The first kappa shape index (κ1) is 33.2. The summed E-state index contributed by atoms with van der Waals surface area (Å²) in [4.78, 5) is 55.9. The quantitative estimate of drug-likeness (QED) is 0.403. The van der Waals surface area contributed by atoms with Crippen LogP contribution in [0.25, 0.3) is 11.4 Å². The number of allylic oxidation sites excluding steroid dienone is 1. The van der Waals surface area contributed by atoms with Crippen LogP contribution < -0.4 is 15.4 Å². The maximum Gasteiger partial charge on any atom is 0.408 e. The second-order valence-electron chi connectivity index (χ2n) is 13.0. The molecule has 1 saturated carbocycles. The van der Waals surface area contributed by atoms with E-state index >= 15 is 0 Å². The Kier molecular flexibility index (Phi) is 9.57. The molecular weight excluding hydrogens is 618 g/mol. The van der Waals surface area contributed by atoms with E-state index in [0.717, 1.165) is 19.3 Å². The highest BCUT2D eigenvalue weighted by Gasteiger charge is 2.61. The fraction of sp³-hybridized carbons (Fsp3) is 0.581. The molecule has 1 aromatic heterocycles. The summed E-state index contributed by atoms with van der Waals surface area (Å²) in [5, 5.41) is 28.8. The number of tetrazole rings is 1. The van der Waals surface area contributed by atoms with E-state index in [1.165, 1.54) is 16.8 Å². The first-order chi connectivity index (χ1) is 21.8. The fourth-order valence-corrected chi connectivity index (χ4v) is 6.25. The molecule has 3 N–H and O–H groups in total. The minimum Gasteiger partial charge on any atom is -0.495 e. The normalized spacial score (nSPS) is 27.7. The molecule has 15 heteroatoms. The molecule has 0 bridgehead atoms. The van der Waals surface area contributed by atoms with Gasteiger partial charge in [0.05, 0.1) is 18.2 Å². The minimum atomic E-state index is -1.44. The number of carbonyl (C=O) groups is 4. The molecule has 1 aliphatic carbocycles. The molecule has 14 nitrogen and oxygen atoms in total. The van der Waals surface area contributed by atoms with Crippen molar-refractivity contribution in [1.29, 1.82) is 0 Å². The van der Waals surface area contributed by atoms with Crippen LogP contribution in [0.3, 0.4) is 0 Å². The largest absolute Gasteiger partial charge is 0.495 e. The number of hydrogen-bond donors (Lipinski definition) is 3. The Morgan fingerprint density at radius 2 is 1.98 bits per heavy atom. The van der Waals surface area contributed by atoms with Crippen molar-refractivity contribution in [3.63, 3.8) is 0 Å². The van der Waals surface area contributed by atoms with Gasteiger partial charge in [0.1, 0.15) is 29.0 Å². The highest BCUT2D eigenvalue weighted by Crippen LogP contribution is 2.45. The van der Waals surface area contributed by atoms with Gasteiger partial charge in [-0.15, -0.1) is 10.2 Å². The van der Waals surface area contributed by atoms with Crippen molar-refractivity contribution < 1.29 is 33.8 Å². The minimum absolute atomic E-state index is 0.0337. The second-order valence-corrected chi connectivity index (χ2v) is 13.4. The van der Waals surface area contributed by atoms with E-state index in [4.69, 9.17) is 21.1 Å². The molecule has 248 valence electrons. The number of nitrogens with zero attached hydrogens (tertiary/aromatic N) is 5. The van der Waals surface area contributed by atoms with E-state index in [1.807, 2.05) is 12.2 Å². The molecule has 3 heterocycles. The topological polar surface area (TPSA) is 178 Å². The van der Waals surface area contributed by atoms with E-state index in [1.54, 1.807) is 39.0 Å². The van der Waals surface area contributed by atoms with Gasteiger partial charge in [0, 0.05) is 24.4 Å². The summed E-state index contributed by atoms with van der Waals surface area (Å²) < 4.78 is 10.7. The summed E-state index contributed by atoms with van der Waals surface area (Å²) in [6.07, 6.45) is 6.78. The van der Waals surface area contributed by atoms with E-state index in [2.05, 4.69) is 26.0 Å². The number of hydrogen-bond acceptors (Lipinski definition) is 9. The van der Waals surface area contributed by atoms with Gasteiger partial charge in [-0.25, -0.2) is 9.59 Å². The third-order valence-electron chi connectivity index (χ3n) is 8.49. The number of ether oxygens (including phenoxy) is 2. The van der Waals surface area contributed by atoms with Gasteiger partial charge < -0.3 is 30.1 Å². The van der Waals surface area contributed by atoms with Crippen LogP contribution in [-0.4, -0.2) is 91.0 Å². The predicted octanol–water partition coefficient (Wildman–Crippen LogP) is 3.52. The third-order valence-corrected chi connectivity index (χ3v) is 8.79. The SMILES string of the molecule is COc1ccc(-c2nnn(C3C[C@H]4C(=O)N[C@@]5(C(=O)O)C[C@@H]5/C=C\CCCCC[C@@H](NC(=O)OC(C)(C)C)C(=O)N4C3)n2)cc1Cl. The first-order valence-electron chi connectivity index (χ1n) is 15.5. The average molecular weight is 658 g/mol. The maximum absolute atomic E-state index is 14.2. The van der Waals surface area contributed by atoms with Gasteiger partial charge in [-0.3, -0.25) is 9.59 Å². The van der Waals surface area contributed by atoms with Gasteiger partial charge in [0.15, 0.2) is 0 Å². The van der Waals surface area contributed by atoms with Gasteiger partial charge in [-0.2, -0.15) is 4.80 Å². The molecule has 2 aliphatic heterocycles. The number of carboxylic acid groups (broad SMARTS) is 1. The van der Waals surface area contributed by atoms with Crippen molar-refractivity contribution in [2.45, 2.75) is 95.0 Å². The lowest BCUT2D eigenvalue weighted by atomic mass is 10.0. The zero-order valence-electron chi connectivity index (χ0n) is 26.4. The smallest absolute Gasteiger partial charge is 0.408 e. The van der Waals surface area contributed by atoms with Crippen molar-refractivity contribution in [1.82, 2.24) is 35.7 Å². The predicted molar refractivity (Wildman–Crippen MR) is 166 cm³/mol. The molecule has 1 unspecified atom stereocenters. The van der Waals surface area contributed by atoms with Crippen LogP contribution in [0.1, 0.15) is 71.8 Å². The number of nitrogens with one attached hydrogen (secondary N) is 2. The van der Waals surface area contributed by atoms with Crippen molar-refractivity contribution in [3.05, 3.63) is 35.4 Å². The van der Waals surface area contributed by atoms with Crippen LogP contribution >= 0.6 is 11.6 Å². The molecule has 2 aromatic rings. The van der Waals surface area contributed by atoms with Gasteiger partial charge in [0.2, 0.25) is 17.6 Å². The van der Waals surface area contributed by atoms with E-state index in [0.29, 0.717) is 29.2 Å². The standard InChI is InChI=1S/C31H40ClN7O7/c1-30(2,3)46-29(44)33-22-11-9-7-5-6-8-10-19-16-31(19,28(42)43)34-26(40)23-15-20(17-38(23)27(22)41)39-36-25(35-37-39)18-12-13-24(45-4)21(32)14-18/h8,10,12-14,19-20,22-23H,5-7,9,11,15-17H2,1-4H3,(H,33,44)(H,34,40)(H,42,43)/b10-8-/t19-,20?,22+,23-,31-/m0/s1. The summed E-state index contributed by atoms with van der Waals surface area (Å²) in [6, 6.07) is 2.50. The van der Waals surface area contributed by atoms with Gasteiger partial charge >= 0.3 is 12.1 Å². The zero-order chi connectivity index (χ0) is 33.2. The fourth-order valence-electron chi connectivity index (χ4n) is 6.00. The summed E-state index contributed by atoms with van der Waals surface area (Å²) in [6.45, 7) is 5.22. The van der Waals surface area contributed by atoms with Crippen molar-refractivity contribution in [2.75, 3.05) is 13.7 Å². The molecule has 0 radical (unpaired) electrons. The number of aliphatic carboxylic acids is 1. The number of methoxy groups -OCH3 is 1. The number of benzene rings is 1. The molecule has 0 spiro atoms. The van der Waals surface area contributed by atoms with Crippen molar-refractivity contribution in [3.8, 4) is 17.1 Å². The van der Waals surface area contributed by atoms with Crippen LogP contribution in [0, 0.1) is 5.92 Å². The Hall–Kier alpha value is -4.20. The molecule has 1 aromatic carbocycles. The summed E-state index contributed by atoms with van der Waals surface area (Å²) in [5.74, 6) is -1.77. The maximum atomic E-state index is 14.2. The van der Waals surface area contributed by atoms with E-state index in [-0.39, 0.29) is 31.1 Å². The number of halogens is 1. The Morgan fingerprint density at radius 1 is 1.20 bits per heavy atom. The molecule has 2 fully saturated rings. The van der Waals surface area contributed by atoms with Crippen LogP contribution in [0.15, 0.2) is 30.4 Å². The number of amides is 3. The average Bonchev–Trinajstić information content (AvgIpc) is 3.31. The molecular formula is C31H40ClN7O7. The number of carbonyl (C=O) groups excluding carboxylic acids is 3. The lowest BCUT2D eigenvalue weighted by Crippen LogP contribution is -2.56. The molecule has 46 heavy (non-hydrogen) atoms. The van der Waals surface area contributed by atoms with Gasteiger partial charge in [0.25, 0.3) is 0 Å². The molecule has 5 rings (SSSR count). The zero-order valence-corrected chi connectivity index (χ0v) is 27.1. The number of fused-ring (bicyclic) bond motifs is 2. The van der Waals surface area contributed by atoms with Crippen molar-refractivity contribution in [2.24, 2.45) is 5.92 Å². The molecule has 5 atom stereocenters. The number of carboxylic acids is 1. The number of rotatable bonds is 5. The summed E-state index contributed by atoms with van der Waals surface area (Å²) in [7, 11) is 1.51. The lowest BCUT2D eigenvalue weighted by Gasteiger charge is -2.30. The Morgan fingerprint density at radius 3 is 2.67 bits per heavy atom. The highest BCUT2D eigenvalue weighted by molar-refractivity contribution is 6.32. The first-order valence-corrected chi connectivity index (χ1v) is 15.8. The Balaban J connectivity index is 1.44. The molecule has 1 saturated heterocycles. The van der Waals surface area contributed by atoms with Crippen LogP contribution in [0.2, 0.25) is 5.02 Å². The monoisotopic (exact) mass is 657 g/mol. The summed E-state index contributed by atoms with van der Waals surface area (Å²) in [5.41, 5.74) is -1.63. The van der Waals surface area contributed by atoms with E-state index < -0.39 is 53.1 Å². The molecule has 3 aliphatic rings. The Bertz CT molecular complexity index is 1520. The highest BCUT2D eigenvalue weighted by atomic mass is 35.5. The number of alkyl carbamates (subject to hydrolysis) is 1. The van der Waals surface area contributed by atoms with Gasteiger partial charge in [-0.05, 0) is 69.9 Å². The third kappa shape index (κ3) is 7.27.